The van der Waals surface area contributed by atoms with Gasteiger partial charge in [0.15, 0.2) is 5.58 Å². The van der Waals surface area contributed by atoms with E-state index < -0.39 is 5.76 Å². The maximum Gasteiger partial charge on any atom is 0.417 e. The van der Waals surface area contributed by atoms with Crippen molar-refractivity contribution in [3.8, 4) is 11.5 Å². The number of benzene rings is 3. The molecule has 0 saturated heterocycles. The smallest absolute Gasteiger partial charge is 0.417 e. The predicted molar refractivity (Wildman–Crippen MR) is 140 cm³/mol. The Kier molecular flexibility index (Phi) is 5.08. The number of hydrogen-bond donors (Lipinski definition) is 1. The number of H-pyrrole nitrogens is 1. The summed E-state index contributed by atoms with van der Waals surface area (Å²) in [4.78, 5) is 35.0. The van der Waals surface area contributed by atoms with Gasteiger partial charge < -0.3 is 14.1 Å². The van der Waals surface area contributed by atoms with Crippen molar-refractivity contribution in [2.75, 3.05) is 13.1 Å². The molecular weight excluding hydrogens is 490 g/mol. The highest BCUT2D eigenvalue weighted by molar-refractivity contribution is 6.30. The van der Waals surface area contributed by atoms with Crippen molar-refractivity contribution in [1.29, 1.82) is 0 Å². The van der Waals surface area contributed by atoms with Gasteiger partial charge in [-0.3, -0.25) is 14.8 Å². The van der Waals surface area contributed by atoms with Gasteiger partial charge in [-0.25, -0.2) is 4.79 Å². The van der Waals surface area contributed by atoms with Crippen LogP contribution in [0.3, 0.4) is 0 Å². The lowest BCUT2D eigenvalue weighted by molar-refractivity contribution is -0.127. The summed E-state index contributed by atoms with van der Waals surface area (Å²) in [6.45, 7) is 1.04. The Balaban J connectivity index is 1.27. The number of hydrogen-bond acceptors (Lipinski definition) is 5. The molecule has 1 aromatic heterocycles. The minimum atomic E-state index is -0.513. The number of oxazole rings is 1. The summed E-state index contributed by atoms with van der Waals surface area (Å²) in [5.74, 6) is 1.44. The van der Waals surface area contributed by atoms with Gasteiger partial charge in [0, 0.05) is 28.3 Å². The summed E-state index contributed by atoms with van der Waals surface area (Å²) < 4.78 is 11.5. The number of halogens is 1. The first kappa shape index (κ1) is 22.1. The predicted octanol–water partition coefficient (Wildman–Crippen LogP) is 5.66. The summed E-state index contributed by atoms with van der Waals surface area (Å²) in [5.41, 5.74) is 5.10. The van der Waals surface area contributed by atoms with E-state index in [2.05, 4.69) is 4.98 Å². The van der Waals surface area contributed by atoms with E-state index in [9.17, 15) is 9.59 Å². The number of amides is 1. The van der Waals surface area contributed by atoms with Crippen LogP contribution < -0.4 is 10.5 Å². The first-order valence-electron chi connectivity index (χ1n) is 12.3. The molecular formula is C29H22ClN3O4. The van der Waals surface area contributed by atoms with Crippen molar-refractivity contribution in [3.63, 3.8) is 0 Å². The summed E-state index contributed by atoms with van der Waals surface area (Å²) in [6, 6.07) is 20.3. The number of aromatic nitrogens is 1. The number of nitrogens with one attached hydrogen (secondary N) is 1. The average Bonchev–Trinajstić information content (AvgIpc) is 3.38. The second kappa shape index (κ2) is 8.49. The maximum atomic E-state index is 13.6. The van der Waals surface area contributed by atoms with Gasteiger partial charge in [0.2, 0.25) is 0 Å². The van der Waals surface area contributed by atoms with E-state index in [1.807, 2.05) is 53.4 Å². The molecule has 3 aromatic carbocycles. The zero-order chi connectivity index (χ0) is 25.1. The van der Waals surface area contributed by atoms with Crippen LogP contribution in [0.5, 0.6) is 11.5 Å². The maximum absolute atomic E-state index is 13.6. The highest BCUT2D eigenvalue weighted by Crippen LogP contribution is 2.46. The molecule has 0 spiro atoms. The van der Waals surface area contributed by atoms with Crippen molar-refractivity contribution < 1.29 is 13.9 Å². The van der Waals surface area contributed by atoms with E-state index in [1.54, 1.807) is 18.2 Å². The van der Waals surface area contributed by atoms with E-state index in [-0.39, 0.29) is 11.9 Å². The molecule has 2 aliphatic heterocycles. The lowest BCUT2D eigenvalue weighted by Crippen LogP contribution is -2.34. The third kappa shape index (κ3) is 3.86. The quantitative estimate of drug-likeness (QED) is 0.362. The number of aliphatic imine (C=N–C) groups is 1. The fourth-order valence-electron chi connectivity index (χ4n) is 5.26. The molecule has 1 unspecified atom stereocenters. The van der Waals surface area contributed by atoms with E-state index in [0.717, 1.165) is 41.7 Å². The van der Waals surface area contributed by atoms with E-state index >= 15 is 0 Å². The Morgan fingerprint density at radius 3 is 2.46 bits per heavy atom. The van der Waals surface area contributed by atoms with Crippen molar-refractivity contribution >= 4 is 34.3 Å². The van der Waals surface area contributed by atoms with Crippen molar-refractivity contribution in [2.24, 2.45) is 10.9 Å². The minimum absolute atomic E-state index is 0.0369. The Labute approximate surface area is 217 Å². The number of aromatic amines is 1. The Morgan fingerprint density at radius 2 is 1.73 bits per heavy atom. The molecule has 3 aliphatic rings. The monoisotopic (exact) mass is 511 g/mol. The molecule has 37 heavy (non-hydrogen) atoms. The molecule has 7 nitrogen and oxygen atoms in total. The zero-order valence-corrected chi connectivity index (χ0v) is 20.5. The Hall–Kier alpha value is -4.10. The van der Waals surface area contributed by atoms with Crippen molar-refractivity contribution in [2.45, 2.75) is 18.9 Å². The van der Waals surface area contributed by atoms with Crippen LogP contribution in [0.1, 0.15) is 30.0 Å². The van der Waals surface area contributed by atoms with Gasteiger partial charge in [0.25, 0.3) is 5.91 Å². The van der Waals surface area contributed by atoms with E-state index in [0.29, 0.717) is 45.8 Å². The third-order valence-corrected chi connectivity index (χ3v) is 7.43. The summed E-state index contributed by atoms with van der Waals surface area (Å²) >= 11 is 5.98. The first-order chi connectivity index (χ1) is 18.0. The van der Waals surface area contributed by atoms with Crippen molar-refractivity contribution in [1.82, 2.24) is 9.88 Å². The largest absolute Gasteiger partial charge is 0.457 e. The van der Waals surface area contributed by atoms with Crippen LogP contribution in [0.2, 0.25) is 5.02 Å². The molecule has 0 radical (unpaired) electrons. The van der Waals surface area contributed by atoms with Gasteiger partial charge in [0.1, 0.15) is 11.5 Å². The molecule has 7 rings (SSSR count). The average molecular weight is 512 g/mol. The standard InChI is InChI=1S/C29H22ClN3O4/c30-18-8-12-20(13-9-18)36-19-10-6-17(7-11-19)26-24-22(28(34)33(26)15-16-4-5-16)14-31-25(24)21-2-1-3-23-27(21)37-29(35)32-23/h1-3,6-13,16,26H,4-5,14-15H2,(H,32,35). The number of carbonyl (C=O) groups is 1. The fraction of sp³-hybridized carbons (Fsp3) is 0.207. The summed E-state index contributed by atoms with van der Waals surface area (Å²) in [7, 11) is 0. The Morgan fingerprint density at radius 1 is 1.00 bits per heavy atom. The normalized spacial score (nSPS) is 19.1. The van der Waals surface area contributed by atoms with Gasteiger partial charge in [-0.1, -0.05) is 29.8 Å². The highest BCUT2D eigenvalue weighted by atomic mass is 35.5. The topological polar surface area (TPSA) is 87.9 Å². The molecule has 1 saturated carbocycles. The fourth-order valence-corrected chi connectivity index (χ4v) is 5.38. The third-order valence-electron chi connectivity index (χ3n) is 7.18. The van der Waals surface area contributed by atoms with Crippen LogP contribution in [0, 0.1) is 5.92 Å². The first-order valence-corrected chi connectivity index (χ1v) is 12.7. The molecule has 1 N–H and O–H groups in total. The van der Waals surface area contributed by atoms with Gasteiger partial charge in [-0.05, 0) is 72.9 Å². The van der Waals surface area contributed by atoms with Crippen LogP contribution in [-0.2, 0) is 4.79 Å². The van der Waals surface area contributed by atoms with Gasteiger partial charge in [-0.2, -0.15) is 0 Å². The SMILES string of the molecule is O=C1C2=C(C(c3cccc4[nH]c(=O)oc34)=NC2)C(c2ccc(Oc3ccc(Cl)cc3)cc2)N1CC1CC1. The number of carbonyl (C=O) groups excluding carboxylic acids is 1. The minimum Gasteiger partial charge on any atom is -0.457 e. The summed E-state index contributed by atoms with van der Waals surface area (Å²) in [6.07, 6.45) is 2.29. The van der Waals surface area contributed by atoms with E-state index in [4.69, 9.17) is 25.7 Å². The second-order valence-corrected chi connectivity index (χ2v) is 10.1. The van der Waals surface area contributed by atoms with Crippen molar-refractivity contribution in [3.05, 3.63) is 105 Å². The van der Waals surface area contributed by atoms with Gasteiger partial charge >= 0.3 is 5.76 Å². The van der Waals surface area contributed by atoms with Crippen LogP contribution in [0.15, 0.2) is 92.1 Å². The molecule has 8 heteroatoms. The van der Waals surface area contributed by atoms with Crippen LogP contribution in [0.4, 0.5) is 0 Å². The number of nitrogens with zero attached hydrogens (tertiary/aromatic N) is 2. The van der Waals surface area contributed by atoms with Crippen LogP contribution in [-0.4, -0.2) is 34.6 Å². The van der Waals surface area contributed by atoms with Crippen LogP contribution in [0.25, 0.3) is 11.1 Å². The lowest BCUT2D eigenvalue weighted by Gasteiger charge is -2.29. The molecule has 1 atom stereocenters. The summed E-state index contributed by atoms with van der Waals surface area (Å²) in [5, 5.41) is 0.650. The Bertz CT molecular complexity index is 1660. The molecule has 0 bridgehead atoms. The molecule has 1 amide bonds. The van der Waals surface area contributed by atoms with Crippen LogP contribution >= 0.6 is 11.6 Å². The van der Waals surface area contributed by atoms with E-state index in [1.165, 1.54) is 0 Å². The zero-order valence-electron chi connectivity index (χ0n) is 19.7. The molecule has 184 valence electrons. The molecule has 3 heterocycles. The number of fused-ring (bicyclic) bond motifs is 1. The number of ether oxygens (including phenoxy) is 1. The number of para-hydroxylation sites is 1. The van der Waals surface area contributed by atoms with Gasteiger partial charge in [0.05, 0.1) is 23.8 Å². The molecule has 1 fully saturated rings. The second-order valence-electron chi connectivity index (χ2n) is 9.68. The molecule has 4 aromatic rings. The van der Waals surface area contributed by atoms with Gasteiger partial charge in [-0.15, -0.1) is 0 Å². The number of rotatable bonds is 6. The lowest BCUT2D eigenvalue weighted by atomic mass is 9.91. The highest BCUT2D eigenvalue weighted by Gasteiger charge is 2.46. The molecule has 1 aliphatic carbocycles.